The van der Waals surface area contributed by atoms with Gasteiger partial charge in [0.05, 0.1) is 5.22 Å². The Morgan fingerprint density at radius 2 is 2.12 bits per heavy atom. The summed E-state index contributed by atoms with van der Waals surface area (Å²) in [5.74, 6) is 0.976. The Morgan fingerprint density at radius 1 is 1.12 bits per heavy atom. The zero-order chi connectivity index (χ0) is 10.8. The molecule has 0 fully saturated rings. The molecule has 16 heavy (non-hydrogen) atoms. The topological polar surface area (TPSA) is 9.23 Å². The predicted molar refractivity (Wildman–Crippen MR) is 65.0 cm³/mol. The van der Waals surface area contributed by atoms with E-state index in [9.17, 15) is 0 Å². The maximum Gasteiger partial charge on any atom is 0.137 e. The molecule has 1 aromatic carbocycles. The van der Waals surface area contributed by atoms with Crippen LogP contribution in [0.5, 0.6) is 5.75 Å². The second-order valence-corrected chi connectivity index (χ2v) is 3.78. The van der Waals surface area contributed by atoms with Gasteiger partial charge in [0.1, 0.15) is 12.0 Å². The molecule has 0 aromatic heterocycles. The van der Waals surface area contributed by atoms with Gasteiger partial charge in [-0.1, -0.05) is 42.5 Å². The summed E-state index contributed by atoms with van der Waals surface area (Å²) in [6.07, 6.45) is 18.0. The minimum atomic E-state index is 0.943. The fourth-order valence-electron chi connectivity index (χ4n) is 1.90. The molecule has 1 radical (unpaired) electrons. The fourth-order valence-corrected chi connectivity index (χ4v) is 1.90. The van der Waals surface area contributed by atoms with E-state index in [0.29, 0.717) is 0 Å². The molecule has 0 saturated heterocycles. The van der Waals surface area contributed by atoms with Crippen molar-refractivity contribution in [2.24, 2.45) is 0 Å². The molecule has 0 amide bonds. The number of allylic oxidation sites excluding steroid dienone is 6. The summed E-state index contributed by atoms with van der Waals surface area (Å²) < 4.78 is 5.26. The van der Waals surface area contributed by atoms with Crippen LogP contribution in [0.3, 0.4) is 0 Å². The van der Waals surface area contributed by atoms with E-state index in [1.807, 2.05) is 36.6 Å². The Bertz CT molecular complexity index is 616. The van der Waals surface area contributed by atoms with Crippen molar-refractivity contribution in [3.05, 3.63) is 64.6 Å². The number of rotatable bonds is 0. The second-order valence-electron chi connectivity index (χ2n) is 3.78. The third kappa shape index (κ3) is 1.50. The lowest BCUT2D eigenvalue weighted by atomic mass is 10.0. The minimum absolute atomic E-state index is 0.943. The summed E-state index contributed by atoms with van der Waals surface area (Å²) in [5.41, 5.74) is 1.33. The summed E-state index contributed by atoms with van der Waals surface area (Å²) in [5, 5.41) is 2.47. The maximum absolute atomic E-state index is 5.26. The fraction of sp³-hybridized carbons (Fsp3) is 0.0667. The van der Waals surface area contributed by atoms with Crippen LogP contribution in [-0.4, -0.2) is 0 Å². The Morgan fingerprint density at radius 3 is 3.00 bits per heavy atom. The number of benzene rings is 1. The highest BCUT2D eigenvalue weighted by molar-refractivity contribution is 5.51. The van der Waals surface area contributed by atoms with Crippen LogP contribution in [-0.2, 0) is 6.42 Å². The van der Waals surface area contributed by atoms with Crippen LogP contribution < -0.4 is 15.2 Å². The lowest BCUT2D eigenvalue weighted by Crippen LogP contribution is -2.35. The molecule has 3 rings (SSSR count). The molecule has 77 valence electrons. The molecule has 1 nitrogen and oxygen atoms in total. The molecule has 0 unspecified atom stereocenters. The summed E-state index contributed by atoms with van der Waals surface area (Å²) in [7, 11) is 0. The standard InChI is InChI=1S/C15H11O/c1-2-4-6-8-13-12(7-5-3-1)9-10-15-14(13)11-16-15/h1,3-6,8-11H,7H2/b2-1?,5-3-,6-4+,13-8+. The van der Waals surface area contributed by atoms with E-state index in [1.54, 1.807) is 0 Å². The van der Waals surface area contributed by atoms with Crippen LogP contribution in [0.2, 0.25) is 0 Å². The molecule has 1 aromatic rings. The van der Waals surface area contributed by atoms with E-state index < -0.39 is 0 Å². The molecular weight excluding hydrogens is 196 g/mol. The first-order valence-electron chi connectivity index (χ1n) is 5.35. The molecule has 0 bridgehead atoms. The maximum atomic E-state index is 5.26. The van der Waals surface area contributed by atoms with Crippen LogP contribution in [0.1, 0.15) is 5.56 Å². The zero-order valence-electron chi connectivity index (χ0n) is 8.81. The molecule has 0 N–H and O–H groups in total. The lowest BCUT2D eigenvalue weighted by Gasteiger charge is -2.12. The smallest absolute Gasteiger partial charge is 0.137 e. The van der Waals surface area contributed by atoms with Crippen molar-refractivity contribution in [3.63, 3.8) is 0 Å². The van der Waals surface area contributed by atoms with Crippen LogP contribution >= 0.6 is 0 Å². The zero-order valence-corrected chi connectivity index (χ0v) is 8.81. The van der Waals surface area contributed by atoms with Gasteiger partial charge >= 0.3 is 0 Å². The average molecular weight is 207 g/mol. The third-order valence-corrected chi connectivity index (χ3v) is 2.76. The van der Waals surface area contributed by atoms with Crippen molar-refractivity contribution in [3.8, 4) is 5.75 Å². The average Bonchev–Trinajstić information content (AvgIpc) is 2.26. The SMILES string of the molecule is [C]1=C\C=C/Cc2ccc3c(/c2=C/C=C/1)=CO3. The molecule has 1 aliphatic heterocycles. The molecule has 1 heteroatoms. The van der Waals surface area contributed by atoms with Gasteiger partial charge in [-0.15, -0.1) is 0 Å². The lowest BCUT2D eigenvalue weighted by molar-refractivity contribution is 0.495. The summed E-state index contributed by atoms with van der Waals surface area (Å²) in [6, 6.07) is 4.16. The normalized spacial score (nSPS) is 24.1. The quantitative estimate of drug-likeness (QED) is 0.628. The van der Waals surface area contributed by atoms with Crippen LogP contribution in [0, 0.1) is 6.08 Å². The van der Waals surface area contributed by atoms with Crippen molar-refractivity contribution >= 4 is 12.3 Å². The van der Waals surface area contributed by atoms with Crippen molar-refractivity contribution < 1.29 is 4.74 Å². The van der Waals surface area contributed by atoms with Crippen molar-refractivity contribution in [1.82, 2.24) is 0 Å². The van der Waals surface area contributed by atoms with Crippen molar-refractivity contribution in [1.29, 1.82) is 0 Å². The Balaban J connectivity index is 2.25. The highest BCUT2D eigenvalue weighted by Crippen LogP contribution is 2.10. The van der Waals surface area contributed by atoms with Crippen LogP contribution in [0.15, 0.2) is 42.5 Å². The summed E-state index contributed by atoms with van der Waals surface area (Å²) in [6.45, 7) is 0. The third-order valence-electron chi connectivity index (χ3n) is 2.76. The second kappa shape index (κ2) is 3.86. The van der Waals surface area contributed by atoms with Gasteiger partial charge in [-0.05, 0) is 29.3 Å². The van der Waals surface area contributed by atoms with Gasteiger partial charge in [0.25, 0.3) is 0 Å². The highest BCUT2D eigenvalue weighted by Gasteiger charge is 2.08. The highest BCUT2D eigenvalue weighted by atomic mass is 16.5. The monoisotopic (exact) mass is 207 g/mol. The van der Waals surface area contributed by atoms with Gasteiger partial charge in [0, 0.05) is 0 Å². The summed E-state index contributed by atoms with van der Waals surface area (Å²) >= 11 is 0. The minimum Gasteiger partial charge on any atom is -0.463 e. The molecule has 2 aliphatic rings. The molecule has 1 heterocycles. The predicted octanol–water partition coefficient (Wildman–Crippen LogP) is 1.63. The van der Waals surface area contributed by atoms with Gasteiger partial charge in [0.2, 0.25) is 0 Å². The van der Waals surface area contributed by atoms with Crippen LogP contribution in [0.25, 0.3) is 12.3 Å². The Kier molecular flexibility index (Phi) is 2.22. The first-order chi connectivity index (χ1) is 7.95. The Labute approximate surface area is 94.4 Å². The van der Waals surface area contributed by atoms with Gasteiger partial charge in [-0.3, -0.25) is 0 Å². The summed E-state index contributed by atoms with van der Waals surface area (Å²) in [4.78, 5) is 0. The first kappa shape index (κ1) is 9.22. The van der Waals surface area contributed by atoms with E-state index in [0.717, 1.165) is 12.2 Å². The van der Waals surface area contributed by atoms with Gasteiger partial charge in [-0.2, -0.15) is 0 Å². The number of fused-ring (bicyclic) bond motifs is 3. The molecule has 0 atom stereocenters. The van der Waals surface area contributed by atoms with Crippen molar-refractivity contribution in [2.75, 3.05) is 0 Å². The number of ether oxygens (including phenoxy) is 1. The van der Waals surface area contributed by atoms with Gasteiger partial charge in [0.15, 0.2) is 0 Å². The molecular formula is C15H11O. The Hall–Kier alpha value is -2.02. The molecule has 0 spiro atoms. The van der Waals surface area contributed by atoms with E-state index in [1.165, 1.54) is 16.0 Å². The number of hydrogen-bond donors (Lipinski definition) is 0. The van der Waals surface area contributed by atoms with E-state index in [2.05, 4.69) is 24.3 Å². The first-order valence-corrected chi connectivity index (χ1v) is 5.35. The van der Waals surface area contributed by atoms with Gasteiger partial charge in [-0.25, -0.2) is 0 Å². The van der Waals surface area contributed by atoms with Gasteiger partial charge < -0.3 is 4.74 Å². The number of hydrogen-bond acceptors (Lipinski definition) is 1. The van der Waals surface area contributed by atoms with Crippen molar-refractivity contribution in [2.45, 2.75) is 6.42 Å². The van der Waals surface area contributed by atoms with E-state index >= 15 is 0 Å². The molecule has 0 saturated carbocycles. The van der Waals surface area contributed by atoms with E-state index in [4.69, 9.17) is 4.74 Å². The largest absolute Gasteiger partial charge is 0.463 e. The van der Waals surface area contributed by atoms with Crippen LogP contribution in [0.4, 0.5) is 0 Å². The van der Waals surface area contributed by atoms with E-state index in [-0.39, 0.29) is 0 Å². The molecule has 1 aliphatic carbocycles.